The van der Waals surface area contributed by atoms with Gasteiger partial charge in [-0.25, -0.2) is 9.97 Å². The van der Waals surface area contributed by atoms with Gasteiger partial charge in [-0.3, -0.25) is 0 Å². The predicted molar refractivity (Wildman–Crippen MR) is 93.7 cm³/mol. The van der Waals surface area contributed by atoms with E-state index in [1.54, 1.807) is 0 Å². The Morgan fingerprint density at radius 2 is 2.33 bits per heavy atom. The number of fused-ring (bicyclic) bond motifs is 3. The molecule has 24 heavy (non-hydrogen) atoms. The molecule has 4 heterocycles. The molecule has 0 aromatic carbocycles. The number of H-pyrrole nitrogens is 1. The molecule has 0 bridgehead atoms. The van der Waals surface area contributed by atoms with Crippen molar-refractivity contribution in [3.05, 3.63) is 24.3 Å². The van der Waals surface area contributed by atoms with Gasteiger partial charge in [-0.05, 0) is 38.8 Å². The Bertz CT molecular complexity index is 899. The van der Waals surface area contributed by atoms with Crippen LogP contribution in [0.3, 0.4) is 0 Å². The standard InChI is InChI=1S/C18H22N6/c1-13-22-16-11-21-18-15(5-8-20-18)17(16)24(13)14-6-10-23(12-14)9-4-2-3-7-19/h5,8,11,14H,2-4,6,9-10,12H2,1H3,(H,20,21). The van der Waals surface area contributed by atoms with E-state index < -0.39 is 0 Å². The molecule has 0 amide bonds. The average Bonchev–Trinajstić information content (AvgIpc) is 3.28. The highest BCUT2D eigenvalue weighted by Gasteiger charge is 2.27. The summed E-state index contributed by atoms with van der Waals surface area (Å²) < 4.78 is 2.41. The number of aromatic amines is 1. The Balaban J connectivity index is 1.59. The van der Waals surface area contributed by atoms with Gasteiger partial charge in [-0.2, -0.15) is 5.26 Å². The molecule has 1 N–H and O–H groups in total. The van der Waals surface area contributed by atoms with Gasteiger partial charge in [0, 0.05) is 37.1 Å². The molecule has 4 rings (SSSR count). The lowest BCUT2D eigenvalue weighted by molar-refractivity contribution is 0.317. The Kier molecular flexibility index (Phi) is 3.95. The SMILES string of the molecule is Cc1nc2cnc3[nH]ccc3c2n1C1CCN(CCCCC#N)C1. The van der Waals surface area contributed by atoms with Gasteiger partial charge >= 0.3 is 0 Å². The van der Waals surface area contributed by atoms with Gasteiger partial charge < -0.3 is 14.5 Å². The normalized spacial score (nSPS) is 18.6. The van der Waals surface area contributed by atoms with Gasteiger partial charge in [-0.15, -0.1) is 0 Å². The van der Waals surface area contributed by atoms with Crippen LogP contribution in [0.2, 0.25) is 0 Å². The van der Waals surface area contributed by atoms with Crippen LogP contribution in [-0.4, -0.2) is 44.1 Å². The van der Waals surface area contributed by atoms with Crippen LogP contribution >= 0.6 is 0 Å². The number of nitrogens with one attached hydrogen (secondary N) is 1. The van der Waals surface area contributed by atoms with E-state index in [1.165, 1.54) is 5.52 Å². The molecule has 1 aliphatic heterocycles. The van der Waals surface area contributed by atoms with E-state index in [1.807, 2.05) is 12.4 Å². The fourth-order valence-corrected chi connectivity index (χ4v) is 3.92. The Morgan fingerprint density at radius 3 is 3.21 bits per heavy atom. The summed E-state index contributed by atoms with van der Waals surface area (Å²) in [4.78, 5) is 14.9. The molecule has 1 unspecified atom stereocenters. The molecule has 6 nitrogen and oxygen atoms in total. The topological polar surface area (TPSA) is 73.5 Å². The number of nitriles is 1. The highest BCUT2D eigenvalue weighted by molar-refractivity contribution is 6.01. The second kappa shape index (κ2) is 6.25. The number of rotatable bonds is 5. The zero-order chi connectivity index (χ0) is 16.5. The van der Waals surface area contributed by atoms with Crippen molar-refractivity contribution >= 4 is 22.1 Å². The minimum Gasteiger partial charge on any atom is -0.346 e. The highest BCUT2D eigenvalue weighted by Crippen LogP contribution is 2.31. The van der Waals surface area contributed by atoms with E-state index in [9.17, 15) is 0 Å². The molecule has 1 saturated heterocycles. The van der Waals surface area contributed by atoms with Crippen LogP contribution in [0.5, 0.6) is 0 Å². The maximum Gasteiger partial charge on any atom is 0.139 e. The highest BCUT2D eigenvalue weighted by atomic mass is 15.2. The number of aryl methyl sites for hydroxylation is 1. The molecule has 0 radical (unpaired) electrons. The van der Waals surface area contributed by atoms with Crippen molar-refractivity contribution in [2.45, 2.75) is 38.6 Å². The summed E-state index contributed by atoms with van der Waals surface area (Å²) >= 11 is 0. The van der Waals surface area contributed by atoms with Gasteiger partial charge in [0.1, 0.15) is 17.0 Å². The number of hydrogen-bond donors (Lipinski definition) is 1. The third kappa shape index (κ3) is 2.55. The summed E-state index contributed by atoms with van der Waals surface area (Å²) in [5.74, 6) is 1.07. The van der Waals surface area contributed by atoms with E-state index in [0.717, 1.165) is 61.3 Å². The van der Waals surface area contributed by atoms with E-state index in [-0.39, 0.29) is 0 Å². The Labute approximate surface area is 141 Å². The third-order valence-electron chi connectivity index (χ3n) is 5.04. The molecule has 1 aliphatic rings. The van der Waals surface area contributed by atoms with Gasteiger partial charge in [0.25, 0.3) is 0 Å². The lowest BCUT2D eigenvalue weighted by Crippen LogP contribution is -2.23. The Hall–Kier alpha value is -2.39. The van der Waals surface area contributed by atoms with Crippen molar-refractivity contribution < 1.29 is 0 Å². The number of unbranched alkanes of at least 4 members (excludes halogenated alkanes) is 2. The first-order valence-corrected chi connectivity index (χ1v) is 8.68. The fourth-order valence-electron chi connectivity index (χ4n) is 3.92. The summed E-state index contributed by atoms with van der Waals surface area (Å²) in [6.07, 6.45) is 7.74. The van der Waals surface area contributed by atoms with Crippen molar-refractivity contribution in [1.29, 1.82) is 5.26 Å². The first kappa shape index (κ1) is 15.2. The summed E-state index contributed by atoms with van der Waals surface area (Å²) in [5.41, 5.74) is 3.11. The number of aromatic nitrogens is 4. The number of hydrogen-bond acceptors (Lipinski definition) is 4. The number of pyridine rings is 1. The summed E-state index contributed by atoms with van der Waals surface area (Å²) in [5, 5.41) is 9.80. The predicted octanol–water partition coefficient (Wildman–Crippen LogP) is 3.16. The minimum absolute atomic E-state index is 0.464. The van der Waals surface area contributed by atoms with E-state index >= 15 is 0 Å². The summed E-state index contributed by atoms with van der Waals surface area (Å²) in [7, 11) is 0. The van der Waals surface area contributed by atoms with Gasteiger partial charge in [0.15, 0.2) is 0 Å². The zero-order valence-electron chi connectivity index (χ0n) is 14.0. The van der Waals surface area contributed by atoms with Gasteiger partial charge in [0.2, 0.25) is 0 Å². The van der Waals surface area contributed by atoms with E-state index in [4.69, 9.17) is 10.2 Å². The van der Waals surface area contributed by atoms with Gasteiger partial charge in [0.05, 0.1) is 17.8 Å². The molecular weight excluding hydrogens is 300 g/mol. The molecule has 0 spiro atoms. The average molecular weight is 322 g/mol. The summed E-state index contributed by atoms with van der Waals surface area (Å²) in [6.45, 7) is 5.36. The molecule has 6 heteroatoms. The van der Waals surface area contributed by atoms with Crippen LogP contribution < -0.4 is 0 Å². The van der Waals surface area contributed by atoms with Crippen molar-refractivity contribution in [1.82, 2.24) is 24.4 Å². The maximum absolute atomic E-state index is 8.64. The van der Waals surface area contributed by atoms with Crippen LogP contribution in [0.1, 0.15) is 37.5 Å². The number of nitrogens with zero attached hydrogens (tertiary/aromatic N) is 5. The number of imidazole rings is 1. The van der Waals surface area contributed by atoms with Crippen molar-refractivity contribution in [2.24, 2.45) is 0 Å². The molecule has 1 fully saturated rings. The summed E-state index contributed by atoms with van der Waals surface area (Å²) in [6, 6.07) is 4.78. The lowest BCUT2D eigenvalue weighted by Gasteiger charge is -2.18. The van der Waals surface area contributed by atoms with Crippen LogP contribution in [0.25, 0.3) is 22.1 Å². The second-order valence-corrected chi connectivity index (χ2v) is 6.62. The van der Waals surface area contributed by atoms with Crippen LogP contribution in [0, 0.1) is 18.3 Å². The quantitative estimate of drug-likeness (QED) is 0.732. The fraction of sp³-hybridized carbons (Fsp3) is 0.500. The molecule has 1 atom stereocenters. The molecular formula is C18H22N6. The van der Waals surface area contributed by atoms with E-state index in [2.05, 4.69) is 38.5 Å². The molecule has 124 valence electrons. The molecule has 3 aromatic rings. The Morgan fingerprint density at radius 1 is 1.42 bits per heavy atom. The first-order valence-electron chi connectivity index (χ1n) is 8.68. The monoisotopic (exact) mass is 322 g/mol. The minimum atomic E-state index is 0.464. The first-order chi connectivity index (χ1) is 11.8. The van der Waals surface area contributed by atoms with Crippen molar-refractivity contribution in [3.8, 4) is 6.07 Å². The van der Waals surface area contributed by atoms with Crippen molar-refractivity contribution in [2.75, 3.05) is 19.6 Å². The van der Waals surface area contributed by atoms with Crippen LogP contribution in [-0.2, 0) is 0 Å². The molecule has 3 aromatic heterocycles. The largest absolute Gasteiger partial charge is 0.346 e. The van der Waals surface area contributed by atoms with Crippen LogP contribution in [0.15, 0.2) is 18.5 Å². The maximum atomic E-state index is 8.64. The lowest BCUT2D eigenvalue weighted by atomic mass is 10.2. The van der Waals surface area contributed by atoms with E-state index in [0.29, 0.717) is 12.5 Å². The molecule has 0 aliphatic carbocycles. The smallest absolute Gasteiger partial charge is 0.139 e. The van der Waals surface area contributed by atoms with Crippen molar-refractivity contribution in [3.63, 3.8) is 0 Å². The second-order valence-electron chi connectivity index (χ2n) is 6.62. The zero-order valence-corrected chi connectivity index (χ0v) is 14.0. The van der Waals surface area contributed by atoms with Gasteiger partial charge in [-0.1, -0.05) is 0 Å². The third-order valence-corrected chi connectivity index (χ3v) is 5.04. The molecule has 0 saturated carbocycles. The number of likely N-dealkylation sites (tertiary alicyclic amines) is 1. The van der Waals surface area contributed by atoms with Crippen LogP contribution in [0.4, 0.5) is 0 Å².